The fourth-order valence-corrected chi connectivity index (χ4v) is 2.46. The molecule has 2 nitrogen and oxygen atoms in total. The minimum atomic E-state index is 0.204. The first-order valence-corrected chi connectivity index (χ1v) is 9.96. The summed E-state index contributed by atoms with van der Waals surface area (Å²) in [5, 5.41) is 6.94. The molecule has 4 atom stereocenters. The highest BCUT2D eigenvalue weighted by molar-refractivity contribution is 5.08. The molecule has 0 aromatic carbocycles. The van der Waals surface area contributed by atoms with Gasteiger partial charge in [0, 0.05) is 18.6 Å². The second-order valence-corrected chi connectivity index (χ2v) is 7.16. The van der Waals surface area contributed by atoms with E-state index in [2.05, 4.69) is 88.1 Å². The van der Waals surface area contributed by atoms with Crippen molar-refractivity contribution in [1.29, 1.82) is 0 Å². The summed E-state index contributed by atoms with van der Waals surface area (Å²) < 4.78 is 0. The summed E-state index contributed by atoms with van der Waals surface area (Å²) >= 11 is 0. The van der Waals surface area contributed by atoms with Crippen molar-refractivity contribution in [2.24, 2.45) is 17.8 Å². The molecular formula is C25H40N2. The Morgan fingerprint density at radius 1 is 0.815 bits per heavy atom. The van der Waals surface area contributed by atoms with Gasteiger partial charge in [-0.2, -0.15) is 0 Å². The molecule has 0 fully saturated rings. The standard InChI is InChI=1S/C25H40N2/c1-8-14-23(10-3)17-18-25(22(7)9-2)27-20-13-19-26-24(11-4)16-12-15-21(5)6/h8-13,15,17-18,20-27H,1-4,14,16,19H2,5-7H3/b15-12+,18-17+,20-13+. The van der Waals surface area contributed by atoms with Gasteiger partial charge in [-0.1, -0.05) is 75.5 Å². The summed E-state index contributed by atoms with van der Waals surface area (Å²) in [6, 6.07) is 0.495. The van der Waals surface area contributed by atoms with Gasteiger partial charge >= 0.3 is 0 Å². The first kappa shape index (κ1) is 24.9. The Morgan fingerprint density at radius 2 is 1.56 bits per heavy atom. The number of allylic oxidation sites excluding steroid dienone is 4. The predicted molar refractivity (Wildman–Crippen MR) is 124 cm³/mol. The van der Waals surface area contributed by atoms with E-state index in [9.17, 15) is 0 Å². The molecule has 0 saturated carbocycles. The largest absolute Gasteiger partial charge is 0.384 e. The molecule has 27 heavy (non-hydrogen) atoms. The van der Waals surface area contributed by atoms with Crippen molar-refractivity contribution < 1.29 is 0 Å². The molecule has 0 amide bonds. The zero-order chi connectivity index (χ0) is 20.5. The minimum absolute atomic E-state index is 0.204. The second-order valence-electron chi connectivity index (χ2n) is 7.16. The van der Waals surface area contributed by atoms with Gasteiger partial charge in [0.1, 0.15) is 0 Å². The average Bonchev–Trinajstić information content (AvgIpc) is 2.66. The van der Waals surface area contributed by atoms with Crippen molar-refractivity contribution in [1.82, 2.24) is 10.6 Å². The lowest BCUT2D eigenvalue weighted by Gasteiger charge is -2.19. The number of rotatable bonds is 16. The van der Waals surface area contributed by atoms with Gasteiger partial charge in [0.2, 0.25) is 0 Å². The normalized spacial score (nSPS) is 16.4. The lowest BCUT2D eigenvalue weighted by molar-refractivity contribution is 0.558. The Bertz CT molecular complexity index is 510. The topological polar surface area (TPSA) is 24.1 Å². The SMILES string of the molecule is C=CCC(C=C)/C=C/C(N/C=C/CNC(C=C)C/C=C/C(C)C)C(C)C=C. The summed E-state index contributed by atoms with van der Waals surface area (Å²) in [5.74, 6) is 1.24. The van der Waals surface area contributed by atoms with Crippen LogP contribution in [0.4, 0.5) is 0 Å². The van der Waals surface area contributed by atoms with Crippen molar-refractivity contribution >= 4 is 0 Å². The first-order valence-electron chi connectivity index (χ1n) is 9.96. The van der Waals surface area contributed by atoms with Crippen LogP contribution in [0.2, 0.25) is 0 Å². The van der Waals surface area contributed by atoms with Crippen molar-refractivity contribution in [3.05, 3.63) is 87.2 Å². The molecule has 150 valence electrons. The average molecular weight is 369 g/mol. The van der Waals surface area contributed by atoms with E-state index >= 15 is 0 Å². The fourth-order valence-electron chi connectivity index (χ4n) is 2.46. The van der Waals surface area contributed by atoms with Crippen LogP contribution in [0, 0.1) is 17.8 Å². The number of hydrogen-bond donors (Lipinski definition) is 2. The number of hydrogen-bond acceptors (Lipinski definition) is 2. The third kappa shape index (κ3) is 12.9. The van der Waals surface area contributed by atoms with Crippen molar-refractivity contribution in [3.8, 4) is 0 Å². The van der Waals surface area contributed by atoms with E-state index in [1.807, 2.05) is 30.5 Å². The molecule has 0 aromatic heterocycles. The molecule has 0 bridgehead atoms. The van der Waals surface area contributed by atoms with Gasteiger partial charge in [0.05, 0.1) is 0 Å². The highest BCUT2D eigenvalue weighted by Gasteiger charge is 2.09. The van der Waals surface area contributed by atoms with E-state index in [0.29, 0.717) is 23.8 Å². The zero-order valence-electron chi connectivity index (χ0n) is 17.6. The molecule has 0 heterocycles. The smallest absolute Gasteiger partial charge is 0.0499 e. The van der Waals surface area contributed by atoms with Crippen LogP contribution in [-0.4, -0.2) is 18.6 Å². The van der Waals surface area contributed by atoms with Crippen LogP contribution in [0.1, 0.15) is 33.6 Å². The van der Waals surface area contributed by atoms with Gasteiger partial charge in [-0.25, -0.2) is 0 Å². The molecule has 0 aliphatic carbocycles. The van der Waals surface area contributed by atoms with Gasteiger partial charge in [0.15, 0.2) is 0 Å². The molecule has 0 spiro atoms. The summed E-state index contributed by atoms with van der Waals surface area (Å²) in [6.45, 7) is 22.9. The minimum Gasteiger partial charge on any atom is -0.384 e. The van der Waals surface area contributed by atoms with Crippen molar-refractivity contribution in [2.45, 2.75) is 45.7 Å². The van der Waals surface area contributed by atoms with E-state index in [1.165, 1.54) is 0 Å². The van der Waals surface area contributed by atoms with Gasteiger partial charge < -0.3 is 10.6 Å². The summed E-state index contributed by atoms with van der Waals surface area (Å²) in [7, 11) is 0. The van der Waals surface area contributed by atoms with E-state index in [-0.39, 0.29) is 6.04 Å². The van der Waals surface area contributed by atoms with Gasteiger partial charge in [-0.3, -0.25) is 0 Å². The zero-order valence-corrected chi connectivity index (χ0v) is 17.6. The van der Waals surface area contributed by atoms with Gasteiger partial charge in [-0.05, 0) is 36.8 Å². The van der Waals surface area contributed by atoms with E-state index < -0.39 is 0 Å². The van der Waals surface area contributed by atoms with Crippen LogP contribution < -0.4 is 10.6 Å². The van der Waals surface area contributed by atoms with E-state index in [4.69, 9.17) is 0 Å². The third-order valence-electron chi connectivity index (χ3n) is 4.35. The lowest BCUT2D eigenvalue weighted by atomic mass is 9.98. The molecule has 0 aliphatic rings. The fraction of sp³-hybridized carbons (Fsp3) is 0.440. The molecular weight excluding hydrogens is 328 g/mol. The van der Waals surface area contributed by atoms with Crippen LogP contribution >= 0.6 is 0 Å². The van der Waals surface area contributed by atoms with Crippen LogP contribution in [0.5, 0.6) is 0 Å². The highest BCUT2D eigenvalue weighted by atomic mass is 14.9. The van der Waals surface area contributed by atoms with Crippen LogP contribution in [0.25, 0.3) is 0 Å². The van der Waals surface area contributed by atoms with E-state index in [0.717, 1.165) is 19.4 Å². The Labute approximate surface area is 168 Å². The van der Waals surface area contributed by atoms with Crippen LogP contribution in [-0.2, 0) is 0 Å². The second kappa shape index (κ2) is 16.1. The maximum atomic E-state index is 3.92. The van der Waals surface area contributed by atoms with Crippen molar-refractivity contribution in [2.75, 3.05) is 6.54 Å². The Kier molecular flexibility index (Phi) is 14.9. The molecule has 0 aromatic rings. The quantitative estimate of drug-likeness (QED) is 0.328. The molecule has 0 radical (unpaired) electrons. The predicted octanol–water partition coefficient (Wildman–Crippen LogP) is 5.96. The van der Waals surface area contributed by atoms with E-state index in [1.54, 1.807) is 0 Å². The van der Waals surface area contributed by atoms with Crippen LogP contribution in [0.3, 0.4) is 0 Å². The number of nitrogens with one attached hydrogen (secondary N) is 2. The van der Waals surface area contributed by atoms with Crippen molar-refractivity contribution in [3.63, 3.8) is 0 Å². The molecule has 0 aliphatic heterocycles. The molecule has 0 rings (SSSR count). The van der Waals surface area contributed by atoms with Crippen LogP contribution in [0.15, 0.2) is 87.2 Å². The lowest BCUT2D eigenvalue weighted by Crippen LogP contribution is -2.29. The molecule has 0 saturated heterocycles. The monoisotopic (exact) mass is 368 g/mol. The summed E-state index contributed by atoms with van der Waals surface area (Å²) in [6.07, 6.45) is 22.6. The summed E-state index contributed by atoms with van der Waals surface area (Å²) in [4.78, 5) is 0. The molecule has 2 N–H and O–H groups in total. The maximum absolute atomic E-state index is 3.92. The molecule has 2 heteroatoms. The van der Waals surface area contributed by atoms with Gasteiger partial charge in [0.25, 0.3) is 0 Å². The highest BCUT2D eigenvalue weighted by Crippen LogP contribution is 2.11. The Balaban J connectivity index is 4.54. The maximum Gasteiger partial charge on any atom is 0.0499 e. The Hall–Kier alpha value is -2.06. The third-order valence-corrected chi connectivity index (χ3v) is 4.35. The van der Waals surface area contributed by atoms with Gasteiger partial charge in [-0.15, -0.1) is 26.3 Å². The first-order chi connectivity index (χ1) is 13.0. The Morgan fingerprint density at radius 3 is 2.11 bits per heavy atom. The molecule has 4 unspecified atom stereocenters. The summed E-state index contributed by atoms with van der Waals surface area (Å²) in [5.41, 5.74) is 0.